The summed E-state index contributed by atoms with van der Waals surface area (Å²) in [6, 6.07) is 8.54. The number of methoxy groups -OCH3 is 1. The lowest BCUT2D eigenvalue weighted by molar-refractivity contribution is -0.00515. The van der Waals surface area contributed by atoms with Crippen LogP contribution in [0.2, 0.25) is 0 Å². The van der Waals surface area contributed by atoms with Crippen molar-refractivity contribution in [1.82, 2.24) is 5.32 Å². The van der Waals surface area contributed by atoms with Crippen LogP contribution in [0.5, 0.6) is 0 Å². The highest BCUT2D eigenvalue weighted by Gasteiger charge is 2.27. The molecule has 0 spiro atoms. The van der Waals surface area contributed by atoms with Gasteiger partial charge in [0.25, 0.3) is 0 Å². The van der Waals surface area contributed by atoms with E-state index in [1.807, 2.05) is 0 Å². The van der Waals surface area contributed by atoms with Gasteiger partial charge in [-0.15, -0.1) is 0 Å². The van der Waals surface area contributed by atoms with Gasteiger partial charge in [0.1, 0.15) is 0 Å². The molecule has 1 aromatic carbocycles. The highest BCUT2D eigenvalue weighted by atomic mass is 16.5. The second-order valence-corrected chi connectivity index (χ2v) is 6.88. The van der Waals surface area contributed by atoms with Crippen LogP contribution in [0, 0.1) is 23.7 Å². The van der Waals surface area contributed by atoms with E-state index >= 15 is 0 Å². The molecule has 1 heterocycles. The maximum absolute atomic E-state index is 6.35. The molecule has 130 valence electrons. The maximum Gasteiger partial charge on any atom is 0.0877 e. The lowest BCUT2D eigenvalue weighted by Crippen LogP contribution is -2.34. The first-order chi connectivity index (χ1) is 11.9. The minimum atomic E-state index is 0.124. The summed E-state index contributed by atoms with van der Waals surface area (Å²) in [5.74, 6) is 7.97. The van der Waals surface area contributed by atoms with Crippen LogP contribution in [0.4, 0.5) is 0 Å². The van der Waals surface area contributed by atoms with E-state index in [4.69, 9.17) is 9.47 Å². The van der Waals surface area contributed by atoms with Crippen molar-refractivity contribution in [3.05, 3.63) is 35.4 Å². The zero-order valence-corrected chi connectivity index (χ0v) is 14.7. The molecule has 0 aromatic heterocycles. The van der Waals surface area contributed by atoms with Gasteiger partial charge in [-0.25, -0.2) is 0 Å². The van der Waals surface area contributed by atoms with E-state index in [-0.39, 0.29) is 6.10 Å². The molecule has 3 nitrogen and oxygen atoms in total. The van der Waals surface area contributed by atoms with Crippen LogP contribution < -0.4 is 5.32 Å². The van der Waals surface area contributed by atoms with Crippen LogP contribution in [0.15, 0.2) is 24.3 Å². The Morgan fingerprint density at radius 2 is 2.08 bits per heavy atom. The number of ether oxygens (including phenoxy) is 2. The zero-order chi connectivity index (χ0) is 16.6. The van der Waals surface area contributed by atoms with Gasteiger partial charge in [0, 0.05) is 44.3 Å². The summed E-state index contributed by atoms with van der Waals surface area (Å²) < 4.78 is 11.5. The van der Waals surface area contributed by atoms with Crippen molar-refractivity contribution >= 4 is 0 Å². The molecular weight excluding hydrogens is 298 g/mol. The van der Waals surface area contributed by atoms with Crippen LogP contribution in [0.3, 0.4) is 0 Å². The number of hydrogen-bond acceptors (Lipinski definition) is 3. The van der Waals surface area contributed by atoms with E-state index in [0.29, 0.717) is 11.8 Å². The minimum Gasteiger partial charge on any atom is -0.385 e. The standard InChI is InChI=1S/C21H29NO2/c1-23-14-5-15-24-21(19-7-4-13-22-16-19)20-8-3-2-6-18(20)12-11-17-9-10-17/h2-3,6,8,17,19,21-22H,4-5,7,9-10,13-16H2,1H3/t19-,21?/m1/s1. The number of nitrogens with one attached hydrogen (secondary N) is 1. The van der Waals surface area contributed by atoms with Crippen molar-refractivity contribution in [3.63, 3.8) is 0 Å². The van der Waals surface area contributed by atoms with Crippen molar-refractivity contribution in [2.45, 2.75) is 38.2 Å². The predicted octanol–water partition coefficient (Wildman–Crippen LogP) is 3.54. The first-order valence-electron chi connectivity index (χ1n) is 9.30. The predicted molar refractivity (Wildman–Crippen MR) is 96.8 cm³/mol. The molecule has 2 fully saturated rings. The molecule has 1 saturated carbocycles. The van der Waals surface area contributed by atoms with Gasteiger partial charge in [-0.2, -0.15) is 0 Å². The maximum atomic E-state index is 6.35. The van der Waals surface area contributed by atoms with Crippen LogP contribution in [0.1, 0.15) is 49.3 Å². The van der Waals surface area contributed by atoms with E-state index < -0.39 is 0 Å². The molecule has 1 N–H and O–H groups in total. The van der Waals surface area contributed by atoms with Crippen LogP contribution in [0.25, 0.3) is 0 Å². The molecule has 1 aromatic rings. The Morgan fingerprint density at radius 3 is 2.83 bits per heavy atom. The summed E-state index contributed by atoms with van der Waals surface area (Å²) in [6.45, 7) is 3.63. The van der Waals surface area contributed by atoms with E-state index in [1.54, 1.807) is 7.11 Å². The van der Waals surface area contributed by atoms with Gasteiger partial charge in [0.05, 0.1) is 6.10 Å². The van der Waals surface area contributed by atoms with Gasteiger partial charge < -0.3 is 14.8 Å². The summed E-state index contributed by atoms with van der Waals surface area (Å²) in [4.78, 5) is 0. The van der Waals surface area contributed by atoms with Crippen molar-refractivity contribution in [1.29, 1.82) is 0 Å². The van der Waals surface area contributed by atoms with Gasteiger partial charge in [-0.05, 0) is 50.3 Å². The molecule has 2 aliphatic rings. The normalized spacial score (nSPS) is 21.8. The number of hydrogen-bond donors (Lipinski definition) is 1. The van der Waals surface area contributed by atoms with E-state index in [2.05, 4.69) is 41.4 Å². The average molecular weight is 327 g/mol. The first-order valence-corrected chi connectivity index (χ1v) is 9.30. The summed E-state index contributed by atoms with van der Waals surface area (Å²) in [6.07, 6.45) is 6.02. The summed E-state index contributed by atoms with van der Waals surface area (Å²) in [5.41, 5.74) is 2.41. The third-order valence-electron chi connectivity index (χ3n) is 4.81. The second kappa shape index (κ2) is 9.22. The lowest BCUT2D eigenvalue weighted by Gasteiger charge is -2.31. The third kappa shape index (κ3) is 5.08. The summed E-state index contributed by atoms with van der Waals surface area (Å²) in [7, 11) is 1.74. The van der Waals surface area contributed by atoms with E-state index in [9.17, 15) is 0 Å². The Balaban J connectivity index is 1.77. The smallest absolute Gasteiger partial charge is 0.0877 e. The second-order valence-electron chi connectivity index (χ2n) is 6.88. The molecule has 1 unspecified atom stereocenters. The average Bonchev–Trinajstić information content (AvgIpc) is 3.46. The van der Waals surface area contributed by atoms with Gasteiger partial charge in [0.15, 0.2) is 0 Å². The van der Waals surface area contributed by atoms with Crippen LogP contribution in [-0.4, -0.2) is 33.4 Å². The molecule has 2 atom stereocenters. The molecule has 0 amide bonds. The summed E-state index contributed by atoms with van der Waals surface area (Å²) >= 11 is 0. The zero-order valence-electron chi connectivity index (χ0n) is 14.7. The summed E-state index contributed by atoms with van der Waals surface area (Å²) in [5, 5.41) is 3.53. The fourth-order valence-electron chi connectivity index (χ4n) is 3.30. The minimum absolute atomic E-state index is 0.124. The Bertz CT molecular complexity index is 565. The highest BCUT2D eigenvalue weighted by Crippen LogP contribution is 2.33. The van der Waals surface area contributed by atoms with Crippen molar-refractivity contribution in [2.75, 3.05) is 33.4 Å². The molecule has 1 saturated heterocycles. The molecule has 1 aliphatic carbocycles. The topological polar surface area (TPSA) is 30.5 Å². The van der Waals surface area contributed by atoms with Gasteiger partial charge in [-0.1, -0.05) is 30.0 Å². The first kappa shape index (κ1) is 17.5. The molecule has 24 heavy (non-hydrogen) atoms. The fraction of sp³-hybridized carbons (Fsp3) is 0.619. The Hall–Kier alpha value is -1.34. The number of rotatable bonds is 7. The highest BCUT2D eigenvalue weighted by molar-refractivity contribution is 5.43. The Labute approximate surface area is 146 Å². The van der Waals surface area contributed by atoms with Gasteiger partial charge in [-0.3, -0.25) is 0 Å². The van der Waals surface area contributed by atoms with Crippen molar-refractivity contribution in [2.24, 2.45) is 11.8 Å². The van der Waals surface area contributed by atoms with Gasteiger partial charge >= 0.3 is 0 Å². The van der Waals surface area contributed by atoms with Crippen molar-refractivity contribution in [3.8, 4) is 11.8 Å². The van der Waals surface area contributed by atoms with Crippen LogP contribution in [-0.2, 0) is 9.47 Å². The number of benzene rings is 1. The van der Waals surface area contributed by atoms with Gasteiger partial charge in [0.2, 0.25) is 0 Å². The molecular formula is C21H29NO2. The van der Waals surface area contributed by atoms with E-state index in [0.717, 1.165) is 38.3 Å². The SMILES string of the molecule is COCCCOC(c1ccccc1C#CC1CC1)[C@@H]1CCCNC1. The fourth-order valence-corrected chi connectivity index (χ4v) is 3.30. The van der Waals surface area contributed by atoms with Crippen molar-refractivity contribution < 1.29 is 9.47 Å². The quantitative estimate of drug-likeness (QED) is 0.614. The monoisotopic (exact) mass is 327 g/mol. The molecule has 3 heteroatoms. The Morgan fingerprint density at radius 1 is 1.21 bits per heavy atom. The lowest BCUT2D eigenvalue weighted by atomic mass is 9.87. The largest absolute Gasteiger partial charge is 0.385 e. The molecule has 0 radical (unpaired) electrons. The molecule has 1 aliphatic heterocycles. The number of piperidine rings is 1. The Kier molecular flexibility index (Phi) is 6.72. The molecule has 0 bridgehead atoms. The van der Waals surface area contributed by atoms with E-state index in [1.165, 1.54) is 31.2 Å². The molecule has 3 rings (SSSR count). The third-order valence-corrected chi connectivity index (χ3v) is 4.81. The van der Waals surface area contributed by atoms with Crippen LogP contribution >= 0.6 is 0 Å².